The summed E-state index contributed by atoms with van der Waals surface area (Å²) in [6.45, 7) is 3.94. The summed E-state index contributed by atoms with van der Waals surface area (Å²) in [6, 6.07) is 4.90. The predicted molar refractivity (Wildman–Crippen MR) is 62.6 cm³/mol. The molecule has 0 bridgehead atoms. The standard InChI is InChI=1S/C12H17NO3/c1-4-8(2)16-11-7-9(13)5-6-10(11)12(14)15-3/h5-8H,4,13H2,1-3H3. The maximum Gasteiger partial charge on any atom is 0.341 e. The Morgan fingerprint density at radius 3 is 2.75 bits per heavy atom. The van der Waals surface area contributed by atoms with Gasteiger partial charge in [0, 0.05) is 11.8 Å². The van der Waals surface area contributed by atoms with Crippen molar-refractivity contribution in [3.05, 3.63) is 23.8 Å². The van der Waals surface area contributed by atoms with Crippen LogP contribution in [0.1, 0.15) is 30.6 Å². The number of ether oxygens (including phenoxy) is 2. The number of carbonyl (C=O) groups excluding carboxylic acids is 1. The molecule has 0 radical (unpaired) electrons. The van der Waals surface area contributed by atoms with Gasteiger partial charge in [-0.25, -0.2) is 4.79 Å². The molecule has 16 heavy (non-hydrogen) atoms. The highest BCUT2D eigenvalue weighted by atomic mass is 16.5. The summed E-state index contributed by atoms with van der Waals surface area (Å²) >= 11 is 0. The van der Waals surface area contributed by atoms with Gasteiger partial charge in [0.1, 0.15) is 11.3 Å². The third-order valence-corrected chi connectivity index (χ3v) is 2.31. The average molecular weight is 223 g/mol. The zero-order valence-corrected chi connectivity index (χ0v) is 9.82. The van der Waals surface area contributed by atoms with E-state index in [-0.39, 0.29) is 6.10 Å². The number of nitrogen functional groups attached to an aromatic ring is 1. The Labute approximate surface area is 95.3 Å². The molecule has 0 aliphatic heterocycles. The van der Waals surface area contributed by atoms with Gasteiger partial charge in [-0.05, 0) is 25.5 Å². The summed E-state index contributed by atoms with van der Waals surface area (Å²) in [5.74, 6) is 0.0551. The molecule has 1 aromatic rings. The van der Waals surface area contributed by atoms with E-state index in [0.29, 0.717) is 17.0 Å². The fraction of sp³-hybridized carbons (Fsp3) is 0.417. The number of methoxy groups -OCH3 is 1. The Bertz CT molecular complexity index is 377. The molecule has 0 saturated heterocycles. The zero-order valence-electron chi connectivity index (χ0n) is 9.82. The highest BCUT2D eigenvalue weighted by molar-refractivity contribution is 5.93. The minimum atomic E-state index is -0.418. The van der Waals surface area contributed by atoms with E-state index in [1.54, 1.807) is 18.2 Å². The van der Waals surface area contributed by atoms with Gasteiger partial charge in [-0.3, -0.25) is 0 Å². The van der Waals surface area contributed by atoms with Crippen molar-refractivity contribution in [3.63, 3.8) is 0 Å². The van der Waals surface area contributed by atoms with E-state index in [1.807, 2.05) is 13.8 Å². The first-order chi connectivity index (χ1) is 7.58. The van der Waals surface area contributed by atoms with E-state index in [0.717, 1.165) is 6.42 Å². The zero-order chi connectivity index (χ0) is 12.1. The largest absolute Gasteiger partial charge is 0.490 e. The molecular formula is C12H17NO3. The van der Waals surface area contributed by atoms with Gasteiger partial charge in [-0.15, -0.1) is 0 Å². The second-order valence-electron chi connectivity index (χ2n) is 3.58. The van der Waals surface area contributed by atoms with Crippen LogP contribution in [0, 0.1) is 0 Å². The summed E-state index contributed by atoms with van der Waals surface area (Å²) < 4.78 is 10.3. The summed E-state index contributed by atoms with van der Waals surface area (Å²) in [5.41, 5.74) is 6.62. The maximum atomic E-state index is 11.5. The monoisotopic (exact) mass is 223 g/mol. The Balaban J connectivity index is 3.03. The molecular weight excluding hydrogens is 206 g/mol. The summed E-state index contributed by atoms with van der Waals surface area (Å²) in [7, 11) is 1.34. The van der Waals surface area contributed by atoms with Crippen molar-refractivity contribution in [1.29, 1.82) is 0 Å². The van der Waals surface area contributed by atoms with Crippen molar-refractivity contribution in [1.82, 2.24) is 0 Å². The Kier molecular flexibility index (Phi) is 4.17. The predicted octanol–water partition coefficient (Wildman–Crippen LogP) is 2.23. The van der Waals surface area contributed by atoms with Crippen LogP contribution in [0.3, 0.4) is 0 Å². The van der Waals surface area contributed by atoms with E-state index in [9.17, 15) is 4.79 Å². The molecule has 0 amide bonds. The number of benzene rings is 1. The number of esters is 1. The minimum Gasteiger partial charge on any atom is -0.490 e. The van der Waals surface area contributed by atoms with E-state index >= 15 is 0 Å². The van der Waals surface area contributed by atoms with Crippen LogP contribution in [0.5, 0.6) is 5.75 Å². The quantitative estimate of drug-likeness (QED) is 0.628. The summed E-state index contributed by atoms with van der Waals surface area (Å²) in [5, 5.41) is 0. The SMILES string of the molecule is CCC(C)Oc1cc(N)ccc1C(=O)OC. The topological polar surface area (TPSA) is 61.5 Å². The molecule has 1 aromatic carbocycles. The van der Waals surface area contributed by atoms with Crippen molar-refractivity contribution in [2.24, 2.45) is 0 Å². The molecule has 0 saturated carbocycles. The number of anilines is 1. The van der Waals surface area contributed by atoms with Crippen LogP contribution in [0.15, 0.2) is 18.2 Å². The van der Waals surface area contributed by atoms with Crippen molar-refractivity contribution < 1.29 is 14.3 Å². The first-order valence-electron chi connectivity index (χ1n) is 5.23. The Morgan fingerprint density at radius 2 is 2.19 bits per heavy atom. The molecule has 0 heterocycles. The van der Waals surface area contributed by atoms with Gasteiger partial charge in [0.2, 0.25) is 0 Å². The summed E-state index contributed by atoms with van der Waals surface area (Å²) in [4.78, 5) is 11.5. The highest BCUT2D eigenvalue weighted by Crippen LogP contribution is 2.24. The molecule has 0 fully saturated rings. The van der Waals surface area contributed by atoms with Gasteiger partial charge in [0.25, 0.3) is 0 Å². The van der Waals surface area contributed by atoms with Crippen LogP contribution in [0.4, 0.5) is 5.69 Å². The molecule has 1 atom stereocenters. The van der Waals surface area contributed by atoms with Gasteiger partial charge < -0.3 is 15.2 Å². The van der Waals surface area contributed by atoms with E-state index in [4.69, 9.17) is 10.5 Å². The fourth-order valence-electron chi connectivity index (χ4n) is 1.22. The number of rotatable bonds is 4. The minimum absolute atomic E-state index is 0.0326. The lowest BCUT2D eigenvalue weighted by molar-refractivity contribution is 0.0593. The van der Waals surface area contributed by atoms with Gasteiger partial charge in [-0.1, -0.05) is 6.92 Å². The lowest BCUT2D eigenvalue weighted by Gasteiger charge is -2.15. The average Bonchev–Trinajstić information content (AvgIpc) is 2.28. The third kappa shape index (κ3) is 2.89. The van der Waals surface area contributed by atoms with E-state index in [2.05, 4.69) is 4.74 Å². The molecule has 4 heteroatoms. The first-order valence-corrected chi connectivity index (χ1v) is 5.23. The number of nitrogens with two attached hydrogens (primary N) is 1. The second-order valence-corrected chi connectivity index (χ2v) is 3.58. The van der Waals surface area contributed by atoms with Crippen LogP contribution >= 0.6 is 0 Å². The molecule has 1 unspecified atom stereocenters. The molecule has 0 aliphatic carbocycles. The van der Waals surface area contributed by atoms with E-state index in [1.165, 1.54) is 7.11 Å². The normalized spacial score (nSPS) is 11.9. The van der Waals surface area contributed by atoms with Crippen molar-refractivity contribution in [2.75, 3.05) is 12.8 Å². The number of hydrogen-bond acceptors (Lipinski definition) is 4. The van der Waals surface area contributed by atoms with Crippen molar-refractivity contribution in [3.8, 4) is 5.75 Å². The van der Waals surface area contributed by atoms with Gasteiger partial charge in [0.05, 0.1) is 13.2 Å². The lowest BCUT2D eigenvalue weighted by Crippen LogP contribution is -2.13. The fourth-order valence-corrected chi connectivity index (χ4v) is 1.22. The van der Waals surface area contributed by atoms with Gasteiger partial charge in [-0.2, -0.15) is 0 Å². The van der Waals surface area contributed by atoms with Gasteiger partial charge >= 0.3 is 5.97 Å². The molecule has 0 aliphatic rings. The smallest absolute Gasteiger partial charge is 0.341 e. The molecule has 2 N–H and O–H groups in total. The molecule has 0 aromatic heterocycles. The van der Waals surface area contributed by atoms with Crippen molar-refractivity contribution >= 4 is 11.7 Å². The summed E-state index contributed by atoms with van der Waals surface area (Å²) in [6.07, 6.45) is 0.889. The van der Waals surface area contributed by atoms with Crippen molar-refractivity contribution in [2.45, 2.75) is 26.4 Å². The molecule has 1 rings (SSSR count). The van der Waals surface area contributed by atoms with Gasteiger partial charge in [0.15, 0.2) is 0 Å². The van der Waals surface area contributed by atoms with Crippen LogP contribution < -0.4 is 10.5 Å². The van der Waals surface area contributed by atoms with Crippen LogP contribution in [-0.4, -0.2) is 19.2 Å². The molecule has 88 valence electrons. The lowest BCUT2D eigenvalue weighted by atomic mass is 10.2. The maximum absolute atomic E-state index is 11.5. The van der Waals surface area contributed by atoms with Crippen LogP contribution in [0.2, 0.25) is 0 Å². The third-order valence-electron chi connectivity index (χ3n) is 2.31. The van der Waals surface area contributed by atoms with Crippen LogP contribution in [0.25, 0.3) is 0 Å². The van der Waals surface area contributed by atoms with Crippen LogP contribution in [-0.2, 0) is 4.74 Å². The molecule has 4 nitrogen and oxygen atoms in total. The number of hydrogen-bond donors (Lipinski definition) is 1. The first kappa shape index (κ1) is 12.4. The second kappa shape index (κ2) is 5.39. The van der Waals surface area contributed by atoms with E-state index < -0.39 is 5.97 Å². The highest BCUT2D eigenvalue weighted by Gasteiger charge is 2.14. The Morgan fingerprint density at radius 1 is 1.50 bits per heavy atom. The Hall–Kier alpha value is -1.71. The molecule has 0 spiro atoms. The number of carbonyl (C=O) groups is 1.